The minimum absolute atomic E-state index is 0.154. The Kier molecular flexibility index (Phi) is 2.53. The molecular formula is C17H22N2O. The molecule has 0 aliphatic carbocycles. The number of nitrogens with one attached hydrogen (secondary N) is 1. The Morgan fingerprint density at radius 3 is 2.75 bits per heavy atom. The number of hydrogen-bond acceptors (Lipinski definition) is 3. The molecule has 2 bridgehead atoms. The number of aromatic nitrogens is 1. The number of nitrogens with zero attached hydrogens (tertiary/aromatic N) is 1. The normalized spacial score (nSPS) is 29.4. The highest BCUT2D eigenvalue weighted by Gasteiger charge is 2.42. The van der Waals surface area contributed by atoms with Crippen LogP contribution >= 0.6 is 0 Å². The van der Waals surface area contributed by atoms with Crippen molar-refractivity contribution < 1.29 is 4.42 Å². The lowest BCUT2D eigenvalue weighted by molar-refractivity contribution is 0.408. The van der Waals surface area contributed by atoms with Crippen LogP contribution in [0.5, 0.6) is 0 Å². The first kappa shape index (κ1) is 12.4. The molecule has 3 nitrogen and oxygen atoms in total. The van der Waals surface area contributed by atoms with Gasteiger partial charge in [-0.25, -0.2) is 4.98 Å². The van der Waals surface area contributed by atoms with E-state index in [1.165, 1.54) is 24.8 Å². The monoisotopic (exact) mass is 270 g/mol. The topological polar surface area (TPSA) is 38.1 Å². The number of oxazole rings is 1. The van der Waals surface area contributed by atoms with Gasteiger partial charge in [0.1, 0.15) is 5.52 Å². The fraction of sp³-hybridized carbons (Fsp3) is 0.588. The largest absolute Gasteiger partial charge is 0.440 e. The Bertz CT molecular complexity index is 653. The van der Waals surface area contributed by atoms with E-state index in [1.807, 2.05) is 0 Å². The lowest BCUT2D eigenvalue weighted by atomic mass is 9.87. The standard InChI is InChI=1S/C17H22N2O/c1-17(2,3)10-4-7-15-14(8-10)19-16(20-15)12-9-11-5-6-13(12)18-11/h4,7-8,11-13,18H,5-6,9H2,1-3H3. The van der Waals surface area contributed by atoms with Gasteiger partial charge in [0.25, 0.3) is 0 Å². The summed E-state index contributed by atoms with van der Waals surface area (Å²) >= 11 is 0. The summed E-state index contributed by atoms with van der Waals surface area (Å²) in [4.78, 5) is 4.78. The Balaban J connectivity index is 1.72. The molecule has 3 atom stereocenters. The van der Waals surface area contributed by atoms with E-state index in [9.17, 15) is 0 Å². The SMILES string of the molecule is CC(C)(C)c1ccc2oc(C3CC4CCC3N4)nc2c1. The van der Waals surface area contributed by atoms with E-state index >= 15 is 0 Å². The zero-order chi connectivity index (χ0) is 13.9. The van der Waals surface area contributed by atoms with E-state index in [0.29, 0.717) is 18.0 Å². The Labute approximate surface area is 119 Å². The minimum Gasteiger partial charge on any atom is -0.440 e. The maximum atomic E-state index is 6.02. The van der Waals surface area contributed by atoms with Gasteiger partial charge in [-0.2, -0.15) is 0 Å². The van der Waals surface area contributed by atoms with Gasteiger partial charge in [0.15, 0.2) is 11.5 Å². The molecule has 3 heteroatoms. The summed E-state index contributed by atoms with van der Waals surface area (Å²) in [5, 5.41) is 3.66. The maximum absolute atomic E-state index is 6.02. The predicted molar refractivity (Wildman–Crippen MR) is 80.0 cm³/mol. The van der Waals surface area contributed by atoms with E-state index < -0.39 is 0 Å². The fourth-order valence-electron chi connectivity index (χ4n) is 3.67. The van der Waals surface area contributed by atoms with E-state index in [4.69, 9.17) is 9.40 Å². The van der Waals surface area contributed by atoms with Crippen LogP contribution in [-0.2, 0) is 5.41 Å². The van der Waals surface area contributed by atoms with Crippen LogP contribution in [0.1, 0.15) is 57.4 Å². The number of rotatable bonds is 1. The van der Waals surface area contributed by atoms with Gasteiger partial charge in [0, 0.05) is 12.1 Å². The molecule has 3 unspecified atom stereocenters. The molecule has 1 aromatic carbocycles. The number of benzene rings is 1. The van der Waals surface area contributed by atoms with Gasteiger partial charge in [-0.05, 0) is 42.4 Å². The van der Waals surface area contributed by atoms with Gasteiger partial charge in [0.05, 0.1) is 5.92 Å². The van der Waals surface area contributed by atoms with E-state index in [0.717, 1.165) is 17.0 Å². The summed E-state index contributed by atoms with van der Waals surface area (Å²) in [7, 11) is 0. The first-order chi connectivity index (χ1) is 9.50. The highest BCUT2D eigenvalue weighted by Crippen LogP contribution is 2.40. The Morgan fingerprint density at radius 1 is 1.25 bits per heavy atom. The van der Waals surface area contributed by atoms with Crippen LogP contribution in [-0.4, -0.2) is 17.1 Å². The van der Waals surface area contributed by atoms with Crippen molar-refractivity contribution in [2.24, 2.45) is 0 Å². The molecule has 2 aliphatic heterocycles. The van der Waals surface area contributed by atoms with Crippen LogP contribution in [0, 0.1) is 0 Å². The molecule has 106 valence electrons. The van der Waals surface area contributed by atoms with Crippen LogP contribution in [0.4, 0.5) is 0 Å². The summed E-state index contributed by atoms with van der Waals surface area (Å²) in [6.45, 7) is 6.69. The lowest BCUT2D eigenvalue weighted by Crippen LogP contribution is -2.21. The van der Waals surface area contributed by atoms with Crippen molar-refractivity contribution in [3.63, 3.8) is 0 Å². The van der Waals surface area contributed by atoms with Gasteiger partial charge < -0.3 is 9.73 Å². The fourth-order valence-corrected chi connectivity index (χ4v) is 3.67. The molecule has 0 amide bonds. The molecule has 0 radical (unpaired) electrons. The molecule has 2 aliphatic rings. The summed E-state index contributed by atoms with van der Waals surface area (Å²) in [6.07, 6.45) is 3.76. The summed E-state index contributed by atoms with van der Waals surface area (Å²) in [5.74, 6) is 1.41. The molecule has 0 saturated carbocycles. The second-order valence-corrected chi connectivity index (χ2v) is 7.37. The quantitative estimate of drug-likeness (QED) is 0.858. The zero-order valence-electron chi connectivity index (χ0n) is 12.4. The number of hydrogen-bond donors (Lipinski definition) is 1. The smallest absolute Gasteiger partial charge is 0.200 e. The molecule has 2 saturated heterocycles. The molecule has 4 rings (SSSR count). The third-order valence-corrected chi connectivity index (χ3v) is 4.89. The Hall–Kier alpha value is -1.35. The second kappa shape index (κ2) is 4.08. The van der Waals surface area contributed by atoms with Crippen molar-refractivity contribution in [3.05, 3.63) is 29.7 Å². The van der Waals surface area contributed by atoms with Crippen molar-refractivity contribution in [1.82, 2.24) is 10.3 Å². The predicted octanol–water partition coefficient (Wildman–Crippen LogP) is 3.73. The molecule has 1 aromatic heterocycles. The van der Waals surface area contributed by atoms with Crippen molar-refractivity contribution in [3.8, 4) is 0 Å². The third kappa shape index (κ3) is 1.87. The summed E-state index contributed by atoms with van der Waals surface area (Å²) in [5.41, 5.74) is 3.41. The van der Waals surface area contributed by atoms with Crippen molar-refractivity contribution >= 4 is 11.1 Å². The molecule has 1 N–H and O–H groups in total. The highest BCUT2D eigenvalue weighted by molar-refractivity contribution is 5.74. The number of fused-ring (bicyclic) bond motifs is 3. The lowest BCUT2D eigenvalue weighted by Gasteiger charge is -2.18. The van der Waals surface area contributed by atoms with Crippen molar-refractivity contribution in [2.45, 2.75) is 63.5 Å². The van der Waals surface area contributed by atoms with Gasteiger partial charge in [-0.3, -0.25) is 0 Å². The zero-order valence-corrected chi connectivity index (χ0v) is 12.4. The molecule has 2 fully saturated rings. The van der Waals surface area contributed by atoms with E-state index in [1.54, 1.807) is 0 Å². The van der Waals surface area contributed by atoms with Crippen molar-refractivity contribution in [2.75, 3.05) is 0 Å². The van der Waals surface area contributed by atoms with Crippen LogP contribution in [0.15, 0.2) is 22.6 Å². The molecule has 0 spiro atoms. The van der Waals surface area contributed by atoms with Crippen LogP contribution in [0.2, 0.25) is 0 Å². The van der Waals surface area contributed by atoms with Gasteiger partial charge in [-0.15, -0.1) is 0 Å². The Morgan fingerprint density at radius 2 is 2.10 bits per heavy atom. The summed E-state index contributed by atoms with van der Waals surface area (Å²) in [6, 6.07) is 7.69. The third-order valence-electron chi connectivity index (χ3n) is 4.89. The van der Waals surface area contributed by atoms with Gasteiger partial charge in [-0.1, -0.05) is 26.8 Å². The minimum atomic E-state index is 0.154. The highest BCUT2D eigenvalue weighted by atomic mass is 16.3. The molecular weight excluding hydrogens is 248 g/mol. The second-order valence-electron chi connectivity index (χ2n) is 7.37. The first-order valence-electron chi connectivity index (χ1n) is 7.68. The van der Waals surface area contributed by atoms with Crippen LogP contribution < -0.4 is 5.32 Å². The molecule has 2 aromatic rings. The summed E-state index contributed by atoms with van der Waals surface area (Å²) < 4.78 is 6.02. The van der Waals surface area contributed by atoms with Crippen LogP contribution in [0.3, 0.4) is 0 Å². The first-order valence-corrected chi connectivity index (χ1v) is 7.68. The molecule has 3 heterocycles. The average molecular weight is 270 g/mol. The van der Waals surface area contributed by atoms with E-state index in [-0.39, 0.29) is 5.41 Å². The molecule has 20 heavy (non-hydrogen) atoms. The van der Waals surface area contributed by atoms with Crippen molar-refractivity contribution in [1.29, 1.82) is 0 Å². The van der Waals surface area contributed by atoms with Crippen LogP contribution in [0.25, 0.3) is 11.1 Å². The van der Waals surface area contributed by atoms with Gasteiger partial charge in [0.2, 0.25) is 0 Å². The average Bonchev–Trinajstić information content (AvgIpc) is 3.10. The van der Waals surface area contributed by atoms with Gasteiger partial charge >= 0.3 is 0 Å². The van der Waals surface area contributed by atoms with E-state index in [2.05, 4.69) is 44.3 Å². The maximum Gasteiger partial charge on any atom is 0.200 e.